The van der Waals surface area contributed by atoms with Gasteiger partial charge in [0, 0.05) is 11.3 Å². The topological polar surface area (TPSA) is 74.8 Å². The number of aryl methyl sites for hydroxylation is 1. The number of hydrogen-bond acceptors (Lipinski definition) is 3. The third-order valence-electron chi connectivity index (χ3n) is 2.38. The average Bonchev–Trinajstić information content (AvgIpc) is 2.28. The molecule has 0 aliphatic heterocycles. The minimum Gasteiger partial charge on any atom is -0.295 e. The Balaban J connectivity index is 2.93. The lowest BCUT2D eigenvalue weighted by molar-refractivity contribution is -0.114. The van der Waals surface area contributed by atoms with Gasteiger partial charge in [0.25, 0.3) is 5.56 Å². The lowest BCUT2D eigenvalue weighted by Gasteiger charge is -2.07. The van der Waals surface area contributed by atoms with Gasteiger partial charge in [-0.1, -0.05) is 13.3 Å². The standard InChI is InChI=1S/C11H16ClN3O2/c1-3-4-5-8-7(2)13-11(15-10(8)17)14-9(16)6-12/h3-6H2,1-2H3,(H2,13,14,15,16,17). The molecule has 0 radical (unpaired) electrons. The summed E-state index contributed by atoms with van der Waals surface area (Å²) in [5.74, 6) is -0.408. The van der Waals surface area contributed by atoms with Gasteiger partial charge in [-0.15, -0.1) is 11.6 Å². The molecule has 1 aromatic heterocycles. The highest BCUT2D eigenvalue weighted by molar-refractivity contribution is 6.28. The molecule has 0 atom stereocenters. The predicted molar refractivity (Wildman–Crippen MR) is 67.6 cm³/mol. The SMILES string of the molecule is CCCCc1c(C)nc(NC(=O)CCl)[nH]c1=O. The first kappa shape index (κ1) is 13.7. The molecule has 1 aromatic rings. The summed E-state index contributed by atoms with van der Waals surface area (Å²) in [4.78, 5) is 29.5. The zero-order chi connectivity index (χ0) is 12.8. The van der Waals surface area contributed by atoms with Crippen molar-refractivity contribution in [2.75, 3.05) is 11.2 Å². The Kier molecular flexibility index (Phi) is 5.15. The van der Waals surface area contributed by atoms with E-state index in [1.165, 1.54) is 0 Å². The number of nitrogens with zero attached hydrogens (tertiary/aromatic N) is 1. The summed E-state index contributed by atoms with van der Waals surface area (Å²) in [7, 11) is 0. The van der Waals surface area contributed by atoms with Crippen LogP contribution in [0.1, 0.15) is 31.0 Å². The van der Waals surface area contributed by atoms with Crippen LogP contribution < -0.4 is 10.9 Å². The second-order valence-corrected chi connectivity index (χ2v) is 4.03. The van der Waals surface area contributed by atoms with Crippen LogP contribution in [0.4, 0.5) is 5.95 Å². The molecule has 17 heavy (non-hydrogen) atoms. The number of aromatic nitrogens is 2. The summed E-state index contributed by atoms with van der Waals surface area (Å²) in [6.07, 6.45) is 2.66. The fourth-order valence-electron chi connectivity index (χ4n) is 1.48. The molecule has 0 aliphatic carbocycles. The minimum atomic E-state index is -0.393. The molecule has 1 rings (SSSR count). The van der Waals surface area contributed by atoms with E-state index >= 15 is 0 Å². The van der Waals surface area contributed by atoms with Gasteiger partial charge in [0.05, 0.1) is 0 Å². The quantitative estimate of drug-likeness (QED) is 0.787. The summed E-state index contributed by atoms with van der Waals surface area (Å²) < 4.78 is 0. The van der Waals surface area contributed by atoms with Crippen molar-refractivity contribution in [1.29, 1.82) is 0 Å². The molecular weight excluding hydrogens is 242 g/mol. The maximum atomic E-state index is 11.8. The molecule has 94 valence electrons. The molecule has 0 aliphatic rings. The number of halogens is 1. The van der Waals surface area contributed by atoms with Gasteiger partial charge in [0.1, 0.15) is 5.88 Å². The number of carbonyl (C=O) groups is 1. The summed E-state index contributed by atoms with van der Waals surface area (Å²) in [5.41, 5.74) is 1.12. The molecule has 0 bridgehead atoms. The van der Waals surface area contributed by atoms with E-state index in [1.54, 1.807) is 6.92 Å². The summed E-state index contributed by atoms with van der Waals surface area (Å²) >= 11 is 5.35. The van der Waals surface area contributed by atoms with Crippen LogP contribution in [0.2, 0.25) is 0 Å². The van der Waals surface area contributed by atoms with E-state index in [0.29, 0.717) is 17.7 Å². The average molecular weight is 258 g/mol. The van der Waals surface area contributed by atoms with Gasteiger partial charge in [-0.3, -0.25) is 19.9 Å². The smallest absolute Gasteiger partial charge is 0.255 e. The number of hydrogen-bond donors (Lipinski definition) is 2. The Morgan fingerprint density at radius 3 is 2.76 bits per heavy atom. The van der Waals surface area contributed by atoms with Crippen molar-refractivity contribution in [1.82, 2.24) is 9.97 Å². The van der Waals surface area contributed by atoms with Gasteiger partial charge >= 0.3 is 0 Å². The predicted octanol–water partition coefficient (Wildman–Crippen LogP) is 1.60. The molecule has 2 N–H and O–H groups in total. The molecule has 0 aromatic carbocycles. The first-order valence-electron chi connectivity index (χ1n) is 5.54. The molecule has 0 saturated carbocycles. The highest BCUT2D eigenvalue weighted by Gasteiger charge is 2.09. The minimum absolute atomic E-state index is 0.151. The number of unbranched alkanes of at least 4 members (excludes halogenated alkanes) is 1. The van der Waals surface area contributed by atoms with Gasteiger partial charge in [0.15, 0.2) is 0 Å². The van der Waals surface area contributed by atoms with E-state index in [0.717, 1.165) is 12.8 Å². The molecular formula is C11H16ClN3O2. The number of carbonyl (C=O) groups excluding carboxylic acids is 1. The van der Waals surface area contributed by atoms with E-state index in [1.807, 2.05) is 0 Å². The van der Waals surface area contributed by atoms with Crippen LogP contribution in [0.25, 0.3) is 0 Å². The molecule has 0 spiro atoms. The Morgan fingerprint density at radius 1 is 1.53 bits per heavy atom. The van der Waals surface area contributed by atoms with Crippen LogP contribution in [0.15, 0.2) is 4.79 Å². The Bertz CT molecular complexity index is 457. The third kappa shape index (κ3) is 3.85. The van der Waals surface area contributed by atoms with Crippen molar-refractivity contribution in [3.63, 3.8) is 0 Å². The Morgan fingerprint density at radius 2 is 2.24 bits per heavy atom. The van der Waals surface area contributed by atoms with Crippen LogP contribution in [0.5, 0.6) is 0 Å². The lowest BCUT2D eigenvalue weighted by Crippen LogP contribution is -2.22. The second kappa shape index (κ2) is 6.39. The summed E-state index contributed by atoms with van der Waals surface area (Å²) in [5, 5.41) is 2.42. The number of H-pyrrole nitrogens is 1. The summed E-state index contributed by atoms with van der Waals surface area (Å²) in [6.45, 7) is 3.82. The van der Waals surface area contributed by atoms with Crippen molar-refractivity contribution in [2.24, 2.45) is 0 Å². The molecule has 0 unspecified atom stereocenters. The van der Waals surface area contributed by atoms with Crippen LogP contribution >= 0.6 is 11.6 Å². The normalized spacial score (nSPS) is 10.3. The van der Waals surface area contributed by atoms with Crippen LogP contribution in [-0.2, 0) is 11.2 Å². The Hall–Kier alpha value is -1.36. The monoisotopic (exact) mass is 257 g/mol. The van der Waals surface area contributed by atoms with Crippen LogP contribution in [-0.4, -0.2) is 21.8 Å². The van der Waals surface area contributed by atoms with Gasteiger partial charge in [-0.05, 0) is 19.8 Å². The molecule has 0 saturated heterocycles. The van der Waals surface area contributed by atoms with E-state index in [9.17, 15) is 9.59 Å². The van der Waals surface area contributed by atoms with Gasteiger partial charge in [-0.2, -0.15) is 0 Å². The number of aromatic amines is 1. The first-order valence-corrected chi connectivity index (χ1v) is 6.07. The molecule has 6 heteroatoms. The second-order valence-electron chi connectivity index (χ2n) is 3.76. The number of nitrogens with one attached hydrogen (secondary N) is 2. The van der Waals surface area contributed by atoms with Crippen molar-refractivity contribution < 1.29 is 4.79 Å². The molecule has 5 nitrogen and oxygen atoms in total. The zero-order valence-corrected chi connectivity index (χ0v) is 10.7. The van der Waals surface area contributed by atoms with Crippen molar-refractivity contribution in [3.05, 3.63) is 21.6 Å². The molecule has 1 heterocycles. The van der Waals surface area contributed by atoms with E-state index in [4.69, 9.17) is 11.6 Å². The van der Waals surface area contributed by atoms with Gasteiger partial charge in [-0.25, -0.2) is 4.98 Å². The number of amides is 1. The third-order valence-corrected chi connectivity index (χ3v) is 2.62. The van der Waals surface area contributed by atoms with E-state index in [2.05, 4.69) is 22.2 Å². The maximum Gasteiger partial charge on any atom is 0.255 e. The maximum absolute atomic E-state index is 11.8. The number of alkyl halides is 1. The van der Waals surface area contributed by atoms with Gasteiger partial charge in [0.2, 0.25) is 11.9 Å². The number of anilines is 1. The molecule has 0 fully saturated rings. The largest absolute Gasteiger partial charge is 0.295 e. The summed E-state index contributed by atoms with van der Waals surface area (Å²) in [6, 6.07) is 0. The fourth-order valence-corrected chi connectivity index (χ4v) is 1.55. The number of rotatable bonds is 5. The van der Waals surface area contributed by atoms with Crippen LogP contribution in [0, 0.1) is 6.92 Å². The molecule has 1 amide bonds. The first-order chi connectivity index (χ1) is 8.08. The highest BCUT2D eigenvalue weighted by atomic mass is 35.5. The van der Waals surface area contributed by atoms with E-state index < -0.39 is 5.91 Å². The zero-order valence-electron chi connectivity index (χ0n) is 9.97. The fraction of sp³-hybridized carbons (Fsp3) is 0.545. The van der Waals surface area contributed by atoms with Crippen molar-refractivity contribution in [2.45, 2.75) is 33.1 Å². The Labute approximate surface area is 105 Å². The van der Waals surface area contributed by atoms with Crippen molar-refractivity contribution in [3.8, 4) is 0 Å². The van der Waals surface area contributed by atoms with Gasteiger partial charge < -0.3 is 0 Å². The van der Waals surface area contributed by atoms with Crippen LogP contribution in [0.3, 0.4) is 0 Å². The van der Waals surface area contributed by atoms with E-state index in [-0.39, 0.29) is 17.4 Å². The lowest BCUT2D eigenvalue weighted by atomic mass is 10.1. The van der Waals surface area contributed by atoms with Crippen molar-refractivity contribution >= 4 is 23.5 Å². The highest BCUT2D eigenvalue weighted by Crippen LogP contribution is 2.06.